The van der Waals surface area contributed by atoms with Crippen molar-refractivity contribution in [2.45, 2.75) is 24.7 Å². The molecule has 0 fully saturated rings. The first kappa shape index (κ1) is 20.7. The molecule has 9 heteroatoms. The van der Waals surface area contributed by atoms with Crippen molar-refractivity contribution < 1.29 is 13.6 Å². The lowest BCUT2D eigenvalue weighted by atomic mass is 10.1. The molecule has 1 atom stereocenters. The van der Waals surface area contributed by atoms with E-state index in [2.05, 4.69) is 27.1 Å². The van der Waals surface area contributed by atoms with Crippen molar-refractivity contribution in [2.24, 2.45) is 0 Å². The second-order valence-corrected chi connectivity index (χ2v) is 7.13. The van der Waals surface area contributed by atoms with Gasteiger partial charge in [-0.1, -0.05) is 23.9 Å². The van der Waals surface area contributed by atoms with Crippen molar-refractivity contribution in [3.8, 4) is 11.4 Å². The van der Waals surface area contributed by atoms with Gasteiger partial charge in [-0.15, -0.1) is 16.8 Å². The number of allylic oxidation sites excluding steroid dienone is 1. The molecule has 150 valence electrons. The highest BCUT2D eigenvalue weighted by Gasteiger charge is 2.17. The number of halogens is 2. The molecular formula is C20H19F2N5OS. The van der Waals surface area contributed by atoms with Crippen LogP contribution in [-0.2, 0) is 11.3 Å². The minimum Gasteiger partial charge on any atom is -0.349 e. The third-order valence-electron chi connectivity index (χ3n) is 4.11. The summed E-state index contributed by atoms with van der Waals surface area (Å²) in [4.78, 5) is 16.3. The Hall–Kier alpha value is -3.07. The predicted octanol–water partition coefficient (Wildman–Crippen LogP) is 3.77. The first-order valence-electron chi connectivity index (χ1n) is 8.81. The summed E-state index contributed by atoms with van der Waals surface area (Å²) in [6.07, 6.45) is 5.05. The molecule has 3 aromatic rings. The van der Waals surface area contributed by atoms with Gasteiger partial charge in [0.2, 0.25) is 5.91 Å². The van der Waals surface area contributed by atoms with Gasteiger partial charge in [-0.3, -0.25) is 14.3 Å². The van der Waals surface area contributed by atoms with Gasteiger partial charge in [0.15, 0.2) is 11.0 Å². The van der Waals surface area contributed by atoms with E-state index in [1.54, 1.807) is 25.4 Å². The summed E-state index contributed by atoms with van der Waals surface area (Å²) in [5.74, 6) is -0.939. The van der Waals surface area contributed by atoms with Crippen LogP contribution in [0.2, 0.25) is 0 Å². The lowest BCUT2D eigenvalue weighted by molar-refractivity contribution is -0.119. The van der Waals surface area contributed by atoms with Gasteiger partial charge in [-0.05, 0) is 25.1 Å². The van der Waals surface area contributed by atoms with Crippen LogP contribution >= 0.6 is 11.8 Å². The van der Waals surface area contributed by atoms with Crippen molar-refractivity contribution in [1.29, 1.82) is 0 Å². The zero-order valence-corrected chi connectivity index (χ0v) is 16.5. The van der Waals surface area contributed by atoms with Crippen LogP contribution in [0.5, 0.6) is 0 Å². The van der Waals surface area contributed by atoms with Crippen molar-refractivity contribution in [1.82, 2.24) is 25.1 Å². The molecule has 0 radical (unpaired) electrons. The molecule has 3 rings (SSSR count). The average Bonchev–Trinajstić information content (AvgIpc) is 3.10. The molecule has 0 aliphatic rings. The highest BCUT2D eigenvalue weighted by atomic mass is 32.2. The number of rotatable bonds is 8. The standard InChI is InChI=1S/C20H19F2N5OS/c1-3-10-27-19(14-6-8-23-9-7-14)25-26-20(27)29-12-18(28)24-13(2)16-5-4-15(21)11-17(16)22/h3-9,11,13H,1,10,12H2,2H3,(H,24,28)/t13-/m0/s1. The maximum atomic E-state index is 13.9. The molecule has 1 amide bonds. The molecule has 2 aromatic heterocycles. The number of carbonyl (C=O) groups is 1. The van der Waals surface area contributed by atoms with Gasteiger partial charge in [0, 0.05) is 36.1 Å². The van der Waals surface area contributed by atoms with Crippen LogP contribution in [0.3, 0.4) is 0 Å². The van der Waals surface area contributed by atoms with Gasteiger partial charge in [-0.2, -0.15) is 0 Å². The number of thioether (sulfide) groups is 1. The summed E-state index contributed by atoms with van der Waals surface area (Å²) in [7, 11) is 0. The summed E-state index contributed by atoms with van der Waals surface area (Å²) in [5, 5.41) is 11.7. The number of amides is 1. The molecule has 0 saturated carbocycles. The summed E-state index contributed by atoms with van der Waals surface area (Å²) in [6.45, 7) is 5.87. The third kappa shape index (κ3) is 5.05. The molecule has 1 N–H and O–H groups in total. The van der Waals surface area contributed by atoms with E-state index in [4.69, 9.17) is 0 Å². The first-order valence-corrected chi connectivity index (χ1v) is 9.79. The maximum absolute atomic E-state index is 13.9. The lowest BCUT2D eigenvalue weighted by Gasteiger charge is -2.15. The van der Waals surface area contributed by atoms with Crippen molar-refractivity contribution in [3.63, 3.8) is 0 Å². The third-order valence-corrected chi connectivity index (χ3v) is 5.07. The van der Waals surface area contributed by atoms with E-state index >= 15 is 0 Å². The van der Waals surface area contributed by atoms with E-state index in [0.717, 1.165) is 17.7 Å². The Morgan fingerprint density at radius 1 is 1.28 bits per heavy atom. The summed E-state index contributed by atoms with van der Waals surface area (Å²) in [5.41, 5.74) is 1.07. The van der Waals surface area contributed by atoms with E-state index in [9.17, 15) is 13.6 Å². The Bertz CT molecular complexity index is 1010. The fourth-order valence-corrected chi connectivity index (χ4v) is 3.51. The number of benzene rings is 1. The molecule has 0 unspecified atom stereocenters. The summed E-state index contributed by atoms with van der Waals surface area (Å²) in [6, 6.07) is 6.33. The van der Waals surface area contributed by atoms with E-state index in [0.29, 0.717) is 17.5 Å². The Kier molecular flexibility index (Phi) is 6.71. The first-order chi connectivity index (χ1) is 14.0. The number of hydrogen-bond donors (Lipinski definition) is 1. The number of pyridine rings is 1. The number of hydrogen-bond acceptors (Lipinski definition) is 5. The zero-order valence-electron chi connectivity index (χ0n) is 15.7. The molecule has 0 saturated heterocycles. The van der Waals surface area contributed by atoms with Crippen molar-refractivity contribution in [3.05, 3.63) is 72.6 Å². The molecule has 0 spiro atoms. The monoisotopic (exact) mass is 415 g/mol. The zero-order chi connectivity index (χ0) is 20.8. The number of aromatic nitrogens is 4. The molecular weight excluding hydrogens is 396 g/mol. The Morgan fingerprint density at radius 2 is 2.03 bits per heavy atom. The fourth-order valence-electron chi connectivity index (χ4n) is 2.75. The SMILES string of the molecule is C=CCn1c(SCC(=O)N[C@@H](C)c2ccc(F)cc2F)nnc1-c1ccncc1. The van der Waals surface area contributed by atoms with Gasteiger partial charge in [0.1, 0.15) is 11.6 Å². The van der Waals surface area contributed by atoms with Gasteiger partial charge in [-0.25, -0.2) is 8.78 Å². The minimum atomic E-state index is -0.696. The Labute approximate surface area is 171 Å². The normalized spacial score (nSPS) is 11.8. The van der Waals surface area contributed by atoms with E-state index in [1.807, 2.05) is 16.7 Å². The van der Waals surface area contributed by atoms with Gasteiger partial charge in [0.25, 0.3) is 0 Å². The topological polar surface area (TPSA) is 72.7 Å². The molecule has 29 heavy (non-hydrogen) atoms. The fraction of sp³-hybridized carbons (Fsp3) is 0.200. The summed E-state index contributed by atoms with van der Waals surface area (Å²) < 4.78 is 28.8. The van der Waals surface area contributed by atoms with E-state index < -0.39 is 17.7 Å². The lowest BCUT2D eigenvalue weighted by Crippen LogP contribution is -2.28. The summed E-state index contributed by atoms with van der Waals surface area (Å²) >= 11 is 1.21. The highest BCUT2D eigenvalue weighted by molar-refractivity contribution is 7.99. The van der Waals surface area contributed by atoms with Gasteiger partial charge in [0.05, 0.1) is 11.8 Å². The molecule has 2 heterocycles. The largest absolute Gasteiger partial charge is 0.349 e. The van der Waals surface area contributed by atoms with Gasteiger partial charge >= 0.3 is 0 Å². The quantitative estimate of drug-likeness (QED) is 0.448. The van der Waals surface area contributed by atoms with Crippen LogP contribution in [0.4, 0.5) is 8.78 Å². The van der Waals surface area contributed by atoms with Crippen LogP contribution < -0.4 is 5.32 Å². The smallest absolute Gasteiger partial charge is 0.230 e. The van der Waals surface area contributed by atoms with Crippen molar-refractivity contribution >= 4 is 17.7 Å². The molecule has 1 aromatic carbocycles. The Morgan fingerprint density at radius 3 is 2.72 bits per heavy atom. The van der Waals surface area contributed by atoms with E-state index in [-0.39, 0.29) is 17.2 Å². The average molecular weight is 415 g/mol. The number of nitrogens with one attached hydrogen (secondary N) is 1. The second kappa shape index (κ2) is 9.42. The maximum Gasteiger partial charge on any atom is 0.230 e. The van der Waals surface area contributed by atoms with Crippen molar-refractivity contribution in [2.75, 3.05) is 5.75 Å². The highest BCUT2D eigenvalue weighted by Crippen LogP contribution is 2.24. The van der Waals surface area contributed by atoms with Crippen LogP contribution in [-0.4, -0.2) is 31.4 Å². The van der Waals surface area contributed by atoms with E-state index in [1.165, 1.54) is 17.8 Å². The predicted molar refractivity (Wildman–Crippen MR) is 107 cm³/mol. The number of carbonyl (C=O) groups excluding carboxylic acids is 1. The Balaban J connectivity index is 1.67. The minimum absolute atomic E-state index is 0.0682. The second-order valence-electron chi connectivity index (χ2n) is 6.19. The molecule has 0 aliphatic carbocycles. The molecule has 0 aliphatic heterocycles. The number of nitrogens with zero attached hydrogens (tertiary/aromatic N) is 4. The van der Waals surface area contributed by atoms with Crippen LogP contribution in [0.25, 0.3) is 11.4 Å². The van der Waals surface area contributed by atoms with Crippen LogP contribution in [0, 0.1) is 11.6 Å². The van der Waals surface area contributed by atoms with Gasteiger partial charge < -0.3 is 5.32 Å². The molecule has 6 nitrogen and oxygen atoms in total. The van der Waals surface area contributed by atoms with Crippen LogP contribution in [0.1, 0.15) is 18.5 Å². The van der Waals surface area contributed by atoms with Crippen LogP contribution in [0.15, 0.2) is 60.5 Å². The molecule has 0 bridgehead atoms.